The number of thioether (sulfide) groups is 1. The molecule has 10 nitrogen and oxygen atoms in total. The fourth-order valence-electron chi connectivity index (χ4n) is 4.13. The molecule has 0 saturated carbocycles. The number of aromatic nitrogens is 5. The molecule has 1 aliphatic heterocycles. The van der Waals surface area contributed by atoms with Gasteiger partial charge in [-0.25, -0.2) is 14.6 Å². The molecule has 1 aliphatic rings. The minimum Gasteiger partial charge on any atom is -0.378 e. The number of carbonyl (C=O) groups is 1. The number of ether oxygens (including phenoxy) is 1. The van der Waals surface area contributed by atoms with Crippen LogP contribution >= 0.6 is 23.4 Å². The van der Waals surface area contributed by atoms with E-state index in [1.807, 2.05) is 18.2 Å². The van der Waals surface area contributed by atoms with Crippen LogP contribution in [0.5, 0.6) is 0 Å². The summed E-state index contributed by atoms with van der Waals surface area (Å²) in [5.41, 5.74) is 2.18. The summed E-state index contributed by atoms with van der Waals surface area (Å²) in [5.74, 6) is 1.88. The van der Waals surface area contributed by atoms with Gasteiger partial charge < -0.3 is 19.5 Å². The van der Waals surface area contributed by atoms with Crippen LogP contribution in [0.4, 0.5) is 5.82 Å². The number of nitrogens with zero attached hydrogens (tertiary/aromatic N) is 6. The van der Waals surface area contributed by atoms with E-state index in [-0.39, 0.29) is 5.91 Å². The molecule has 12 heteroatoms. The van der Waals surface area contributed by atoms with E-state index in [1.54, 1.807) is 35.6 Å². The summed E-state index contributed by atoms with van der Waals surface area (Å²) in [6.07, 6.45) is 1.79. The largest absolute Gasteiger partial charge is 0.378 e. The van der Waals surface area contributed by atoms with Crippen molar-refractivity contribution in [1.29, 1.82) is 0 Å². The van der Waals surface area contributed by atoms with E-state index in [4.69, 9.17) is 30.8 Å². The SMILES string of the molecule is CCSc1nc(N2CCOCC2)c2cnn(CCNC(=O)c3c(-c4ccccc4Cl)noc3C)c2n1. The van der Waals surface area contributed by atoms with Crippen LogP contribution in [0.2, 0.25) is 5.02 Å². The lowest BCUT2D eigenvalue weighted by Crippen LogP contribution is -2.37. The molecule has 0 aliphatic carbocycles. The van der Waals surface area contributed by atoms with Gasteiger partial charge in [0, 0.05) is 25.2 Å². The monoisotopic (exact) mass is 527 g/mol. The van der Waals surface area contributed by atoms with E-state index in [2.05, 4.69) is 27.4 Å². The topological polar surface area (TPSA) is 111 Å². The van der Waals surface area contributed by atoms with E-state index >= 15 is 0 Å². The number of hydrogen-bond donors (Lipinski definition) is 1. The summed E-state index contributed by atoms with van der Waals surface area (Å²) in [6, 6.07) is 7.23. The Kier molecular flexibility index (Phi) is 7.40. The van der Waals surface area contributed by atoms with Crippen LogP contribution in [-0.4, -0.2) is 69.4 Å². The highest BCUT2D eigenvalue weighted by atomic mass is 35.5. The lowest BCUT2D eigenvalue weighted by Gasteiger charge is -2.28. The van der Waals surface area contributed by atoms with Gasteiger partial charge in [0.2, 0.25) is 0 Å². The molecule has 0 unspecified atom stereocenters. The summed E-state index contributed by atoms with van der Waals surface area (Å²) in [4.78, 5) is 24.9. The zero-order chi connectivity index (χ0) is 25.1. The number of rotatable bonds is 8. The number of nitrogens with one attached hydrogen (secondary N) is 1. The minimum atomic E-state index is -0.286. The molecule has 1 amide bonds. The molecule has 3 aromatic heterocycles. The minimum absolute atomic E-state index is 0.286. The van der Waals surface area contributed by atoms with Crippen molar-refractivity contribution in [2.24, 2.45) is 0 Å². The molecule has 4 heterocycles. The molecule has 4 aromatic rings. The highest BCUT2D eigenvalue weighted by Crippen LogP contribution is 2.31. The predicted octanol–water partition coefficient (Wildman–Crippen LogP) is 3.82. The van der Waals surface area contributed by atoms with Gasteiger partial charge in [0.15, 0.2) is 10.8 Å². The Labute approximate surface area is 217 Å². The van der Waals surface area contributed by atoms with Gasteiger partial charge in [0.25, 0.3) is 5.91 Å². The number of benzene rings is 1. The van der Waals surface area contributed by atoms with Crippen LogP contribution in [0.25, 0.3) is 22.3 Å². The van der Waals surface area contributed by atoms with Crippen LogP contribution in [-0.2, 0) is 11.3 Å². The van der Waals surface area contributed by atoms with Crippen LogP contribution in [0, 0.1) is 6.92 Å². The van der Waals surface area contributed by atoms with Crippen molar-refractivity contribution >= 4 is 46.1 Å². The third-order valence-electron chi connectivity index (χ3n) is 5.87. The number of anilines is 1. The lowest BCUT2D eigenvalue weighted by atomic mass is 10.1. The second-order valence-electron chi connectivity index (χ2n) is 8.17. The van der Waals surface area contributed by atoms with Gasteiger partial charge in [0.1, 0.15) is 22.8 Å². The van der Waals surface area contributed by atoms with E-state index in [0.29, 0.717) is 59.1 Å². The molecule has 1 N–H and O–H groups in total. The van der Waals surface area contributed by atoms with Crippen LogP contribution in [0.15, 0.2) is 40.1 Å². The van der Waals surface area contributed by atoms with Gasteiger partial charge >= 0.3 is 0 Å². The van der Waals surface area contributed by atoms with Crippen molar-refractivity contribution in [3.8, 4) is 11.3 Å². The molecule has 1 aromatic carbocycles. The summed E-state index contributed by atoms with van der Waals surface area (Å²) in [5, 5.41) is 13.7. The van der Waals surface area contributed by atoms with Crippen LogP contribution < -0.4 is 10.2 Å². The van der Waals surface area contributed by atoms with Crippen molar-refractivity contribution in [1.82, 2.24) is 30.2 Å². The first kappa shape index (κ1) is 24.5. The second kappa shape index (κ2) is 10.9. The number of morpholine rings is 1. The number of fused-ring (bicyclic) bond motifs is 1. The van der Waals surface area contributed by atoms with E-state index in [1.165, 1.54) is 0 Å². The van der Waals surface area contributed by atoms with Gasteiger partial charge in [-0.05, 0) is 18.7 Å². The van der Waals surface area contributed by atoms with Crippen molar-refractivity contribution in [2.45, 2.75) is 25.5 Å². The first-order chi connectivity index (χ1) is 17.6. The van der Waals surface area contributed by atoms with E-state index < -0.39 is 0 Å². The quantitative estimate of drug-likeness (QED) is 0.270. The maximum atomic E-state index is 13.1. The van der Waals surface area contributed by atoms with E-state index in [0.717, 1.165) is 35.7 Å². The average Bonchev–Trinajstić information content (AvgIpc) is 3.48. The van der Waals surface area contributed by atoms with Gasteiger partial charge in [0.05, 0.1) is 36.4 Å². The van der Waals surface area contributed by atoms with Crippen molar-refractivity contribution in [2.75, 3.05) is 43.5 Å². The van der Waals surface area contributed by atoms with E-state index in [9.17, 15) is 4.79 Å². The molecule has 1 fully saturated rings. The first-order valence-electron chi connectivity index (χ1n) is 11.7. The number of hydrogen-bond acceptors (Lipinski definition) is 9. The second-order valence-corrected chi connectivity index (χ2v) is 9.80. The number of aryl methyl sites for hydroxylation is 1. The molecule has 0 radical (unpaired) electrons. The smallest absolute Gasteiger partial charge is 0.257 e. The maximum Gasteiger partial charge on any atom is 0.257 e. The van der Waals surface area contributed by atoms with Gasteiger partial charge in [-0.2, -0.15) is 5.10 Å². The summed E-state index contributed by atoms with van der Waals surface area (Å²) in [6.45, 7) is 7.45. The Morgan fingerprint density at radius 1 is 1.22 bits per heavy atom. The third-order valence-corrected chi connectivity index (χ3v) is 6.93. The first-order valence-corrected chi connectivity index (χ1v) is 13.1. The lowest BCUT2D eigenvalue weighted by molar-refractivity contribution is 0.0951. The molecule has 5 rings (SSSR count). The van der Waals surface area contributed by atoms with Gasteiger partial charge in [-0.3, -0.25) is 4.79 Å². The molecular weight excluding hydrogens is 502 g/mol. The normalized spacial score (nSPS) is 13.9. The maximum absolute atomic E-state index is 13.1. The molecular formula is C24H26ClN7O3S. The van der Waals surface area contributed by atoms with Gasteiger partial charge in [-0.15, -0.1) is 0 Å². The fourth-order valence-corrected chi connectivity index (χ4v) is 4.92. The summed E-state index contributed by atoms with van der Waals surface area (Å²) >= 11 is 7.92. The van der Waals surface area contributed by atoms with Crippen molar-refractivity contribution in [3.63, 3.8) is 0 Å². The van der Waals surface area contributed by atoms with Crippen LogP contribution in [0.3, 0.4) is 0 Å². The molecule has 0 bridgehead atoms. The van der Waals surface area contributed by atoms with Gasteiger partial charge in [-0.1, -0.05) is 53.6 Å². The Bertz CT molecular complexity index is 1380. The van der Waals surface area contributed by atoms with Crippen molar-refractivity contribution < 1.29 is 14.1 Å². The van der Waals surface area contributed by atoms with Crippen LogP contribution in [0.1, 0.15) is 23.0 Å². The highest BCUT2D eigenvalue weighted by Gasteiger charge is 2.23. The molecule has 188 valence electrons. The number of halogens is 1. The Morgan fingerprint density at radius 3 is 2.81 bits per heavy atom. The average molecular weight is 528 g/mol. The molecule has 0 spiro atoms. The standard InChI is InChI=1S/C24H26ClN7O3S/c1-3-36-24-28-21(31-10-12-34-13-11-31)17-14-27-32(22(17)29-24)9-8-26-23(33)19-15(2)35-30-20(19)16-6-4-5-7-18(16)25/h4-7,14H,3,8-13H2,1-2H3,(H,26,33). The number of carbonyl (C=O) groups excluding carboxylic acids is 1. The predicted molar refractivity (Wildman–Crippen MR) is 139 cm³/mol. The zero-order valence-corrected chi connectivity index (χ0v) is 21.6. The summed E-state index contributed by atoms with van der Waals surface area (Å²) < 4.78 is 12.6. The summed E-state index contributed by atoms with van der Waals surface area (Å²) in [7, 11) is 0. The molecule has 36 heavy (non-hydrogen) atoms. The molecule has 1 saturated heterocycles. The Balaban J connectivity index is 1.35. The fraction of sp³-hybridized carbons (Fsp3) is 0.375. The zero-order valence-electron chi connectivity index (χ0n) is 20.0. The third kappa shape index (κ3) is 4.91. The Morgan fingerprint density at radius 2 is 2.03 bits per heavy atom. The van der Waals surface area contributed by atoms with Crippen molar-refractivity contribution in [3.05, 3.63) is 46.8 Å². The number of amides is 1. The molecule has 0 atom stereocenters. The Hall–Kier alpha value is -3.15. The highest BCUT2D eigenvalue weighted by molar-refractivity contribution is 7.99.